The molecule has 4 aromatic rings. The van der Waals surface area contributed by atoms with E-state index in [4.69, 9.17) is 4.42 Å². The first-order valence-electron chi connectivity index (χ1n) is 7.48. The molecule has 0 fully saturated rings. The number of fused-ring (bicyclic) bond motifs is 1. The Hall–Kier alpha value is -2.65. The number of H-pyrrole nitrogens is 1. The van der Waals surface area contributed by atoms with Crippen LogP contribution in [-0.4, -0.2) is 20.2 Å². The lowest BCUT2D eigenvalue weighted by molar-refractivity contribution is 0.518. The smallest absolute Gasteiger partial charge is 0.258 e. The molecule has 4 rings (SSSR count). The van der Waals surface area contributed by atoms with Crippen LogP contribution in [0.25, 0.3) is 10.9 Å². The summed E-state index contributed by atoms with van der Waals surface area (Å²) < 4.78 is 6.06. The van der Waals surface area contributed by atoms with Crippen molar-refractivity contribution < 1.29 is 4.42 Å². The van der Waals surface area contributed by atoms with Gasteiger partial charge in [0.05, 0.1) is 29.5 Å². The molecule has 0 spiro atoms. The van der Waals surface area contributed by atoms with Crippen LogP contribution in [0.4, 0.5) is 5.13 Å². The number of anilines is 1. The molecule has 1 aromatic carbocycles. The number of para-hydroxylation sites is 1. The van der Waals surface area contributed by atoms with E-state index in [2.05, 4.69) is 25.5 Å². The molecule has 0 bridgehead atoms. The molecule has 7 nitrogen and oxygen atoms in total. The topological polar surface area (TPSA) is 96.7 Å². The maximum Gasteiger partial charge on any atom is 0.258 e. The highest BCUT2D eigenvalue weighted by atomic mass is 32.2. The van der Waals surface area contributed by atoms with Gasteiger partial charge in [-0.25, -0.2) is 4.98 Å². The van der Waals surface area contributed by atoms with Gasteiger partial charge in [-0.15, -0.1) is 10.2 Å². The highest BCUT2D eigenvalue weighted by molar-refractivity contribution is 8.00. The van der Waals surface area contributed by atoms with Crippen LogP contribution in [0.1, 0.15) is 11.6 Å². The summed E-state index contributed by atoms with van der Waals surface area (Å²) in [5, 5.41) is 12.7. The second-order valence-electron chi connectivity index (χ2n) is 5.12. The van der Waals surface area contributed by atoms with Gasteiger partial charge in [-0.1, -0.05) is 35.2 Å². The zero-order valence-electron chi connectivity index (χ0n) is 12.9. The number of aromatic nitrogens is 4. The Balaban J connectivity index is 1.41. The molecule has 0 unspecified atom stereocenters. The third-order valence-corrected chi connectivity index (χ3v) is 5.42. The molecule has 0 saturated carbocycles. The fourth-order valence-corrected chi connectivity index (χ4v) is 3.87. The normalized spacial score (nSPS) is 11.0. The van der Waals surface area contributed by atoms with E-state index in [9.17, 15) is 4.79 Å². The van der Waals surface area contributed by atoms with Gasteiger partial charge in [-0.2, -0.15) is 0 Å². The van der Waals surface area contributed by atoms with Crippen LogP contribution in [0, 0.1) is 0 Å². The van der Waals surface area contributed by atoms with E-state index >= 15 is 0 Å². The molecule has 0 aliphatic rings. The van der Waals surface area contributed by atoms with E-state index in [0.717, 1.165) is 15.2 Å². The van der Waals surface area contributed by atoms with Crippen LogP contribution in [0.15, 0.2) is 56.2 Å². The molecule has 0 radical (unpaired) electrons. The van der Waals surface area contributed by atoms with Crippen molar-refractivity contribution in [2.75, 3.05) is 5.32 Å². The van der Waals surface area contributed by atoms with Crippen LogP contribution in [0.3, 0.4) is 0 Å². The van der Waals surface area contributed by atoms with Gasteiger partial charge in [0.15, 0.2) is 4.34 Å². The van der Waals surface area contributed by atoms with Crippen LogP contribution in [0.2, 0.25) is 0 Å². The second-order valence-corrected chi connectivity index (χ2v) is 7.32. The summed E-state index contributed by atoms with van der Waals surface area (Å²) >= 11 is 2.93. The Bertz CT molecular complexity index is 1040. The van der Waals surface area contributed by atoms with E-state index in [1.165, 1.54) is 23.1 Å². The van der Waals surface area contributed by atoms with Crippen LogP contribution in [-0.2, 0) is 12.3 Å². The molecule has 0 atom stereocenters. The van der Waals surface area contributed by atoms with Gasteiger partial charge in [0.2, 0.25) is 5.13 Å². The van der Waals surface area contributed by atoms with Gasteiger partial charge in [-0.05, 0) is 24.3 Å². The lowest BCUT2D eigenvalue weighted by Crippen LogP contribution is -2.11. The maximum absolute atomic E-state index is 12.1. The number of hydrogen-bond donors (Lipinski definition) is 2. The van der Waals surface area contributed by atoms with Gasteiger partial charge < -0.3 is 14.7 Å². The van der Waals surface area contributed by atoms with Crippen LogP contribution in [0.5, 0.6) is 0 Å². The standard InChI is InChI=1S/C16H13N5O2S2/c22-14-11-5-1-2-6-12(11)18-13(19-14)9-24-16-21-20-15(25-16)17-8-10-4-3-7-23-10/h1-7H,8-9H2,(H,17,20)(H,18,19,22). The molecule has 3 heterocycles. The second kappa shape index (κ2) is 7.08. The van der Waals surface area contributed by atoms with Gasteiger partial charge in [0, 0.05) is 0 Å². The maximum atomic E-state index is 12.1. The predicted octanol–water partition coefficient (Wildman–Crippen LogP) is 3.27. The first-order valence-corrected chi connectivity index (χ1v) is 9.28. The average molecular weight is 371 g/mol. The summed E-state index contributed by atoms with van der Waals surface area (Å²) in [4.78, 5) is 19.4. The fraction of sp³-hybridized carbons (Fsp3) is 0.125. The number of aromatic amines is 1. The summed E-state index contributed by atoms with van der Waals surface area (Å²) in [5.74, 6) is 1.98. The summed E-state index contributed by atoms with van der Waals surface area (Å²) in [6.07, 6.45) is 1.63. The monoisotopic (exact) mass is 371 g/mol. The Morgan fingerprint density at radius 2 is 2.12 bits per heavy atom. The first-order chi connectivity index (χ1) is 12.3. The minimum atomic E-state index is -0.126. The molecule has 0 aliphatic heterocycles. The summed E-state index contributed by atoms with van der Waals surface area (Å²) in [5.41, 5.74) is 0.569. The Labute approximate surface area is 150 Å². The first kappa shape index (κ1) is 15.9. The minimum Gasteiger partial charge on any atom is -0.467 e. The zero-order valence-corrected chi connectivity index (χ0v) is 14.6. The number of nitrogens with one attached hydrogen (secondary N) is 2. The minimum absolute atomic E-state index is 0.126. The van der Waals surface area contributed by atoms with E-state index in [1.807, 2.05) is 30.3 Å². The average Bonchev–Trinajstić information content (AvgIpc) is 3.30. The van der Waals surface area contributed by atoms with Crippen molar-refractivity contribution in [3.8, 4) is 0 Å². The molecule has 0 amide bonds. The molecule has 126 valence electrons. The quantitative estimate of drug-likeness (QED) is 0.502. The molecule has 2 N–H and O–H groups in total. The molecule has 0 saturated heterocycles. The molecule has 0 aliphatic carbocycles. The van der Waals surface area contributed by atoms with Crippen LogP contribution < -0.4 is 10.9 Å². The fourth-order valence-electron chi connectivity index (χ4n) is 2.25. The predicted molar refractivity (Wildman–Crippen MR) is 97.9 cm³/mol. The van der Waals surface area contributed by atoms with Gasteiger partial charge >= 0.3 is 0 Å². The highest BCUT2D eigenvalue weighted by Crippen LogP contribution is 2.27. The molecular formula is C16H13N5O2S2. The van der Waals surface area contributed by atoms with E-state index < -0.39 is 0 Å². The van der Waals surface area contributed by atoms with E-state index in [1.54, 1.807) is 12.3 Å². The number of nitrogens with zero attached hydrogens (tertiary/aromatic N) is 3. The van der Waals surface area contributed by atoms with Crippen molar-refractivity contribution in [3.05, 3.63) is 64.6 Å². The number of benzene rings is 1. The van der Waals surface area contributed by atoms with Crippen molar-refractivity contribution >= 4 is 39.1 Å². The van der Waals surface area contributed by atoms with Crippen LogP contribution >= 0.6 is 23.1 Å². The lowest BCUT2D eigenvalue weighted by Gasteiger charge is -2.01. The van der Waals surface area contributed by atoms with E-state index in [0.29, 0.717) is 29.0 Å². The molecular weight excluding hydrogens is 358 g/mol. The number of thioether (sulfide) groups is 1. The third-order valence-electron chi connectivity index (χ3n) is 3.39. The Morgan fingerprint density at radius 1 is 1.20 bits per heavy atom. The summed E-state index contributed by atoms with van der Waals surface area (Å²) in [6.45, 7) is 0.561. The summed E-state index contributed by atoms with van der Waals surface area (Å²) in [6, 6.07) is 11.0. The number of hydrogen-bond acceptors (Lipinski definition) is 8. The summed E-state index contributed by atoms with van der Waals surface area (Å²) in [7, 11) is 0. The van der Waals surface area contributed by atoms with E-state index in [-0.39, 0.29) is 5.56 Å². The third kappa shape index (κ3) is 3.72. The van der Waals surface area contributed by atoms with Gasteiger partial charge in [0.25, 0.3) is 5.56 Å². The van der Waals surface area contributed by atoms with Crippen molar-refractivity contribution in [1.82, 2.24) is 20.2 Å². The highest BCUT2D eigenvalue weighted by Gasteiger charge is 2.08. The van der Waals surface area contributed by atoms with Crippen molar-refractivity contribution in [1.29, 1.82) is 0 Å². The molecule has 9 heteroatoms. The lowest BCUT2D eigenvalue weighted by atomic mass is 10.2. The van der Waals surface area contributed by atoms with Gasteiger partial charge in [-0.3, -0.25) is 4.79 Å². The Kier molecular flexibility index (Phi) is 4.49. The van der Waals surface area contributed by atoms with Gasteiger partial charge in [0.1, 0.15) is 11.6 Å². The van der Waals surface area contributed by atoms with Crippen molar-refractivity contribution in [2.45, 2.75) is 16.6 Å². The van der Waals surface area contributed by atoms with Crippen molar-refractivity contribution in [2.24, 2.45) is 0 Å². The molecule has 3 aromatic heterocycles. The number of rotatable bonds is 6. The zero-order chi connectivity index (χ0) is 17.1. The number of furan rings is 1. The Morgan fingerprint density at radius 3 is 3.00 bits per heavy atom. The largest absolute Gasteiger partial charge is 0.467 e. The molecule has 25 heavy (non-hydrogen) atoms. The SMILES string of the molecule is O=c1[nH]c(CSc2nnc(NCc3ccco3)s2)nc2ccccc12. The van der Waals surface area contributed by atoms with Crippen molar-refractivity contribution in [3.63, 3.8) is 0 Å².